The Morgan fingerprint density at radius 1 is 1.28 bits per heavy atom. The minimum absolute atomic E-state index is 0.628. The van der Waals surface area contributed by atoms with E-state index < -0.39 is 0 Å². The molecule has 3 rings (SSSR count). The highest BCUT2D eigenvalue weighted by molar-refractivity contribution is 5.66. The number of methoxy groups -OCH3 is 1. The van der Waals surface area contributed by atoms with Crippen LogP contribution in [0.25, 0.3) is 11.4 Å². The van der Waals surface area contributed by atoms with Crippen LogP contribution >= 0.6 is 0 Å². The molecule has 2 N–H and O–H groups in total. The molecule has 0 fully saturated rings. The van der Waals surface area contributed by atoms with Gasteiger partial charge in [-0.2, -0.15) is 0 Å². The fourth-order valence-electron chi connectivity index (χ4n) is 2.40. The number of anilines is 1. The number of aromatic nitrogens is 3. The third-order valence-corrected chi connectivity index (χ3v) is 3.35. The Kier molecular flexibility index (Phi) is 2.66. The zero-order chi connectivity index (χ0) is 12.5. The number of rotatable bonds is 2. The summed E-state index contributed by atoms with van der Waals surface area (Å²) in [5, 5.41) is 8.53. The highest BCUT2D eigenvalue weighted by Gasteiger charge is 2.17. The van der Waals surface area contributed by atoms with Gasteiger partial charge < -0.3 is 15.0 Å². The van der Waals surface area contributed by atoms with Crippen LogP contribution in [0, 0.1) is 0 Å². The van der Waals surface area contributed by atoms with Crippen LogP contribution in [0.3, 0.4) is 0 Å². The lowest BCUT2D eigenvalue weighted by atomic mass is 10.1. The first-order valence-corrected chi connectivity index (χ1v) is 6.15. The Morgan fingerprint density at radius 2 is 2.17 bits per heavy atom. The van der Waals surface area contributed by atoms with Crippen molar-refractivity contribution in [2.75, 3.05) is 12.8 Å². The molecule has 18 heavy (non-hydrogen) atoms. The van der Waals surface area contributed by atoms with Crippen LogP contribution in [-0.4, -0.2) is 21.9 Å². The lowest BCUT2D eigenvalue weighted by molar-refractivity contribution is 0.417. The third kappa shape index (κ3) is 1.72. The van der Waals surface area contributed by atoms with Crippen LogP contribution in [0.2, 0.25) is 0 Å². The van der Waals surface area contributed by atoms with Gasteiger partial charge in [0.1, 0.15) is 11.6 Å². The maximum Gasteiger partial charge on any atom is 0.164 e. The Bertz CT molecular complexity index is 576. The summed E-state index contributed by atoms with van der Waals surface area (Å²) in [5.41, 5.74) is 7.55. The number of nitrogen functional groups attached to an aromatic ring is 1. The van der Waals surface area contributed by atoms with Crippen LogP contribution in [0.4, 0.5) is 5.69 Å². The minimum atomic E-state index is 0.628. The van der Waals surface area contributed by atoms with Crippen molar-refractivity contribution < 1.29 is 4.74 Å². The van der Waals surface area contributed by atoms with Gasteiger partial charge in [-0.3, -0.25) is 0 Å². The topological polar surface area (TPSA) is 66.0 Å². The van der Waals surface area contributed by atoms with E-state index in [0.29, 0.717) is 11.4 Å². The molecule has 1 aliphatic rings. The number of nitrogens with two attached hydrogens (primary N) is 1. The van der Waals surface area contributed by atoms with E-state index in [4.69, 9.17) is 10.5 Å². The molecule has 1 aromatic carbocycles. The van der Waals surface area contributed by atoms with Gasteiger partial charge in [0.2, 0.25) is 0 Å². The molecule has 5 heteroatoms. The number of benzene rings is 1. The monoisotopic (exact) mass is 244 g/mol. The molecule has 1 aliphatic heterocycles. The molecule has 0 bridgehead atoms. The standard InChI is InChI=1S/C13H16N4O/c1-18-11-6-5-9(8-10(11)14)13-16-15-12-4-2-3-7-17(12)13/h5-6,8H,2-4,7,14H2,1H3. The van der Waals surface area contributed by atoms with Gasteiger partial charge >= 0.3 is 0 Å². The molecule has 94 valence electrons. The molecule has 0 unspecified atom stereocenters. The van der Waals surface area contributed by atoms with Gasteiger partial charge in [0.15, 0.2) is 5.82 Å². The van der Waals surface area contributed by atoms with Crippen molar-refractivity contribution >= 4 is 5.69 Å². The predicted octanol–water partition coefficient (Wildman–Crippen LogP) is 1.87. The second kappa shape index (κ2) is 4.33. The highest BCUT2D eigenvalue weighted by Crippen LogP contribution is 2.29. The van der Waals surface area contributed by atoms with Gasteiger partial charge in [-0.15, -0.1) is 10.2 Å². The Labute approximate surface area is 106 Å². The molecule has 0 spiro atoms. The highest BCUT2D eigenvalue weighted by atomic mass is 16.5. The fraction of sp³-hybridized carbons (Fsp3) is 0.385. The molecule has 0 aliphatic carbocycles. The number of ether oxygens (including phenoxy) is 1. The van der Waals surface area contributed by atoms with E-state index in [0.717, 1.165) is 30.2 Å². The summed E-state index contributed by atoms with van der Waals surface area (Å²) in [6.45, 7) is 0.990. The molecule has 1 aromatic heterocycles. The SMILES string of the molecule is COc1ccc(-c2nnc3n2CCCC3)cc1N. The molecule has 5 nitrogen and oxygen atoms in total. The second-order valence-corrected chi connectivity index (χ2v) is 4.51. The smallest absolute Gasteiger partial charge is 0.164 e. The maximum absolute atomic E-state index is 5.93. The van der Waals surface area contributed by atoms with Crippen molar-refractivity contribution in [2.45, 2.75) is 25.8 Å². The maximum atomic E-state index is 5.93. The molecular weight excluding hydrogens is 228 g/mol. The van der Waals surface area contributed by atoms with E-state index in [2.05, 4.69) is 14.8 Å². The Hall–Kier alpha value is -2.04. The first kappa shape index (κ1) is 11.1. The summed E-state index contributed by atoms with van der Waals surface area (Å²) in [4.78, 5) is 0. The van der Waals surface area contributed by atoms with Crippen molar-refractivity contribution in [1.82, 2.24) is 14.8 Å². The molecule has 0 radical (unpaired) electrons. The molecular formula is C13H16N4O. The third-order valence-electron chi connectivity index (χ3n) is 3.35. The number of fused-ring (bicyclic) bond motifs is 1. The van der Waals surface area contributed by atoms with Crippen LogP contribution in [0.1, 0.15) is 18.7 Å². The average Bonchev–Trinajstić information content (AvgIpc) is 2.82. The van der Waals surface area contributed by atoms with Crippen molar-refractivity contribution in [3.63, 3.8) is 0 Å². The van der Waals surface area contributed by atoms with E-state index in [1.54, 1.807) is 7.11 Å². The summed E-state index contributed by atoms with van der Waals surface area (Å²) >= 11 is 0. The largest absolute Gasteiger partial charge is 0.495 e. The summed E-state index contributed by atoms with van der Waals surface area (Å²) in [6, 6.07) is 5.74. The average molecular weight is 244 g/mol. The molecule has 2 aromatic rings. The molecule has 0 saturated heterocycles. The summed E-state index contributed by atoms with van der Waals surface area (Å²) in [7, 11) is 1.62. The van der Waals surface area contributed by atoms with Gasteiger partial charge in [0, 0.05) is 18.5 Å². The molecule has 0 saturated carbocycles. The number of hydrogen-bond donors (Lipinski definition) is 1. The first-order chi connectivity index (χ1) is 8.79. The van der Waals surface area contributed by atoms with Crippen LogP contribution in [0.5, 0.6) is 5.75 Å². The van der Waals surface area contributed by atoms with E-state index in [-0.39, 0.29) is 0 Å². The van der Waals surface area contributed by atoms with E-state index in [1.807, 2.05) is 18.2 Å². The van der Waals surface area contributed by atoms with Crippen LogP contribution in [-0.2, 0) is 13.0 Å². The predicted molar refractivity (Wildman–Crippen MR) is 69.4 cm³/mol. The van der Waals surface area contributed by atoms with Crippen LogP contribution in [0.15, 0.2) is 18.2 Å². The zero-order valence-corrected chi connectivity index (χ0v) is 10.4. The van der Waals surface area contributed by atoms with Gasteiger partial charge in [-0.1, -0.05) is 0 Å². The summed E-state index contributed by atoms with van der Waals surface area (Å²) < 4.78 is 7.35. The summed E-state index contributed by atoms with van der Waals surface area (Å²) in [5.74, 6) is 2.67. The number of nitrogens with zero attached hydrogens (tertiary/aromatic N) is 3. The lowest BCUT2D eigenvalue weighted by Gasteiger charge is -2.15. The van der Waals surface area contributed by atoms with Crippen molar-refractivity contribution in [2.24, 2.45) is 0 Å². The molecule has 0 amide bonds. The molecule has 2 heterocycles. The zero-order valence-electron chi connectivity index (χ0n) is 10.4. The van der Waals surface area contributed by atoms with Crippen molar-refractivity contribution in [1.29, 1.82) is 0 Å². The van der Waals surface area contributed by atoms with Crippen LogP contribution < -0.4 is 10.5 Å². The van der Waals surface area contributed by atoms with Crippen molar-refractivity contribution in [3.8, 4) is 17.1 Å². The lowest BCUT2D eigenvalue weighted by Crippen LogP contribution is -2.11. The quantitative estimate of drug-likeness (QED) is 0.819. The van der Waals surface area contributed by atoms with Gasteiger partial charge in [-0.25, -0.2) is 0 Å². The Morgan fingerprint density at radius 3 is 2.94 bits per heavy atom. The molecule has 0 atom stereocenters. The normalized spacial score (nSPS) is 14.3. The van der Waals surface area contributed by atoms with E-state index >= 15 is 0 Å². The van der Waals surface area contributed by atoms with Crippen molar-refractivity contribution in [3.05, 3.63) is 24.0 Å². The number of aryl methyl sites for hydroxylation is 1. The first-order valence-electron chi connectivity index (χ1n) is 6.15. The summed E-state index contributed by atoms with van der Waals surface area (Å²) in [6.07, 6.45) is 3.39. The van der Waals surface area contributed by atoms with Gasteiger partial charge in [0.25, 0.3) is 0 Å². The number of hydrogen-bond acceptors (Lipinski definition) is 4. The van der Waals surface area contributed by atoms with Gasteiger partial charge in [-0.05, 0) is 31.0 Å². The van der Waals surface area contributed by atoms with E-state index in [9.17, 15) is 0 Å². The minimum Gasteiger partial charge on any atom is -0.495 e. The second-order valence-electron chi connectivity index (χ2n) is 4.51. The van der Waals surface area contributed by atoms with E-state index in [1.165, 1.54) is 12.8 Å². The fourth-order valence-corrected chi connectivity index (χ4v) is 2.40. The van der Waals surface area contributed by atoms with Gasteiger partial charge in [0.05, 0.1) is 12.8 Å². The Balaban J connectivity index is 2.04.